The number of rotatable bonds is 2. The molecule has 0 aliphatic carbocycles. The Labute approximate surface area is 91.6 Å². The van der Waals surface area contributed by atoms with Crippen LogP contribution in [0.15, 0.2) is 17.0 Å². The summed E-state index contributed by atoms with van der Waals surface area (Å²) < 4.78 is 0. The van der Waals surface area contributed by atoms with Crippen LogP contribution < -0.4 is 0 Å². The average molecular weight is 210 g/mol. The van der Waals surface area contributed by atoms with Crippen molar-refractivity contribution in [3.8, 4) is 5.75 Å². The molecule has 0 aliphatic heterocycles. The fraction of sp³-hybridized carbons (Fsp3) is 0.500. The summed E-state index contributed by atoms with van der Waals surface area (Å²) >= 11 is 4.37. The lowest BCUT2D eigenvalue weighted by atomic mass is 9.81. The van der Waals surface area contributed by atoms with Gasteiger partial charge in [0.1, 0.15) is 5.75 Å². The second-order valence-electron chi connectivity index (χ2n) is 4.39. The van der Waals surface area contributed by atoms with E-state index in [-0.39, 0.29) is 5.41 Å². The number of phenols is 1. The van der Waals surface area contributed by atoms with E-state index in [4.69, 9.17) is 0 Å². The molecule has 1 aromatic rings. The molecule has 1 aromatic carbocycles. The van der Waals surface area contributed by atoms with Gasteiger partial charge in [-0.25, -0.2) is 0 Å². The molecule has 1 rings (SSSR count). The summed E-state index contributed by atoms with van der Waals surface area (Å²) in [5.74, 6) is 0.382. The number of aromatic hydroxyl groups is 1. The van der Waals surface area contributed by atoms with Crippen molar-refractivity contribution in [2.45, 2.75) is 44.4 Å². The molecule has 0 aliphatic rings. The van der Waals surface area contributed by atoms with Crippen LogP contribution in [0.5, 0.6) is 5.75 Å². The molecule has 0 fully saturated rings. The van der Waals surface area contributed by atoms with Crippen molar-refractivity contribution in [2.24, 2.45) is 0 Å². The molecule has 0 unspecified atom stereocenters. The molecular weight excluding hydrogens is 192 g/mol. The molecule has 0 radical (unpaired) electrons. The van der Waals surface area contributed by atoms with Crippen LogP contribution in [-0.2, 0) is 5.41 Å². The first-order valence-corrected chi connectivity index (χ1v) is 5.36. The Morgan fingerprint density at radius 3 is 2.43 bits per heavy atom. The molecular formula is C12H18OS. The Balaban J connectivity index is 3.29. The average Bonchev–Trinajstić information content (AvgIpc) is 2.11. The van der Waals surface area contributed by atoms with Crippen molar-refractivity contribution in [3.63, 3.8) is 0 Å². The highest BCUT2D eigenvalue weighted by Gasteiger charge is 2.22. The van der Waals surface area contributed by atoms with Crippen molar-refractivity contribution in [1.82, 2.24) is 0 Å². The lowest BCUT2D eigenvalue weighted by Gasteiger charge is -2.25. The number of benzene rings is 1. The van der Waals surface area contributed by atoms with E-state index in [0.717, 1.165) is 22.4 Å². The molecule has 0 atom stereocenters. The summed E-state index contributed by atoms with van der Waals surface area (Å²) in [7, 11) is 0. The van der Waals surface area contributed by atoms with Crippen molar-refractivity contribution >= 4 is 12.6 Å². The lowest BCUT2D eigenvalue weighted by molar-refractivity contribution is 0.427. The monoisotopic (exact) mass is 210 g/mol. The number of hydrogen-bond acceptors (Lipinski definition) is 2. The van der Waals surface area contributed by atoms with Gasteiger partial charge in [0.25, 0.3) is 0 Å². The van der Waals surface area contributed by atoms with Crippen LogP contribution in [0.25, 0.3) is 0 Å². The number of hydrogen-bond donors (Lipinski definition) is 2. The molecule has 0 saturated heterocycles. The van der Waals surface area contributed by atoms with E-state index in [1.54, 1.807) is 6.07 Å². The Morgan fingerprint density at radius 2 is 1.93 bits per heavy atom. The first-order chi connectivity index (χ1) is 6.38. The minimum Gasteiger partial charge on any atom is -0.508 e. The summed E-state index contributed by atoms with van der Waals surface area (Å²) in [5, 5.41) is 9.85. The predicted octanol–water partition coefficient (Wildman–Crippen LogP) is 3.68. The number of thiol groups is 1. The zero-order valence-electron chi connectivity index (χ0n) is 9.26. The number of aryl methyl sites for hydroxylation is 1. The molecule has 0 bridgehead atoms. The fourth-order valence-electron chi connectivity index (χ4n) is 1.41. The van der Waals surface area contributed by atoms with Crippen molar-refractivity contribution in [3.05, 3.63) is 23.3 Å². The Morgan fingerprint density at radius 1 is 1.36 bits per heavy atom. The van der Waals surface area contributed by atoms with Gasteiger partial charge in [0, 0.05) is 10.5 Å². The Hall–Kier alpha value is -0.630. The molecule has 1 nitrogen and oxygen atoms in total. The van der Waals surface area contributed by atoms with E-state index in [0.29, 0.717) is 5.75 Å². The van der Waals surface area contributed by atoms with Crippen LogP contribution in [0.4, 0.5) is 0 Å². The van der Waals surface area contributed by atoms with E-state index in [1.807, 2.05) is 13.0 Å². The summed E-state index contributed by atoms with van der Waals surface area (Å²) in [6.07, 6.45) is 0.997. The maximum absolute atomic E-state index is 9.85. The zero-order valence-corrected chi connectivity index (χ0v) is 10.2. The van der Waals surface area contributed by atoms with Gasteiger partial charge in [0.2, 0.25) is 0 Å². The van der Waals surface area contributed by atoms with Crippen LogP contribution in [0, 0.1) is 6.92 Å². The SMILES string of the molecule is CCC(C)(C)c1cc(S)c(C)cc1O. The molecule has 1 N–H and O–H groups in total. The fourth-order valence-corrected chi connectivity index (χ4v) is 1.61. The van der Waals surface area contributed by atoms with Gasteiger partial charge < -0.3 is 5.11 Å². The highest BCUT2D eigenvalue weighted by Crippen LogP contribution is 2.36. The molecule has 78 valence electrons. The molecule has 0 aromatic heterocycles. The maximum Gasteiger partial charge on any atom is 0.119 e. The highest BCUT2D eigenvalue weighted by molar-refractivity contribution is 7.80. The van der Waals surface area contributed by atoms with Crippen molar-refractivity contribution < 1.29 is 5.11 Å². The second kappa shape index (κ2) is 3.85. The van der Waals surface area contributed by atoms with Gasteiger partial charge in [-0.15, -0.1) is 12.6 Å². The first-order valence-electron chi connectivity index (χ1n) is 4.91. The zero-order chi connectivity index (χ0) is 10.9. The molecule has 0 saturated carbocycles. The van der Waals surface area contributed by atoms with Gasteiger partial charge in [0.05, 0.1) is 0 Å². The normalized spacial score (nSPS) is 11.8. The summed E-state index contributed by atoms with van der Waals surface area (Å²) in [6.45, 7) is 8.33. The van der Waals surface area contributed by atoms with Crippen LogP contribution >= 0.6 is 12.6 Å². The summed E-state index contributed by atoms with van der Waals surface area (Å²) in [5.41, 5.74) is 2.01. The molecule has 0 amide bonds. The first kappa shape index (κ1) is 11.4. The third-order valence-corrected chi connectivity index (χ3v) is 3.41. The van der Waals surface area contributed by atoms with Gasteiger partial charge >= 0.3 is 0 Å². The quantitative estimate of drug-likeness (QED) is 0.713. The van der Waals surface area contributed by atoms with Crippen LogP contribution in [0.2, 0.25) is 0 Å². The third-order valence-electron chi connectivity index (χ3n) is 2.93. The molecule has 14 heavy (non-hydrogen) atoms. The van der Waals surface area contributed by atoms with E-state index in [1.165, 1.54) is 0 Å². The van der Waals surface area contributed by atoms with Gasteiger partial charge in [-0.2, -0.15) is 0 Å². The van der Waals surface area contributed by atoms with E-state index in [2.05, 4.69) is 33.4 Å². The largest absolute Gasteiger partial charge is 0.508 e. The van der Waals surface area contributed by atoms with Gasteiger partial charge in [-0.05, 0) is 36.5 Å². The predicted molar refractivity (Wildman–Crippen MR) is 63.4 cm³/mol. The molecule has 2 heteroatoms. The maximum atomic E-state index is 9.85. The summed E-state index contributed by atoms with van der Waals surface area (Å²) in [6, 6.07) is 3.76. The minimum atomic E-state index is 0.00919. The van der Waals surface area contributed by atoms with Gasteiger partial charge in [-0.1, -0.05) is 20.8 Å². The standard InChI is InChI=1S/C12H18OS/c1-5-12(3,4)9-7-11(14)8(2)6-10(9)13/h6-7,13-14H,5H2,1-4H3. The Bertz CT molecular complexity index is 342. The van der Waals surface area contributed by atoms with E-state index < -0.39 is 0 Å². The second-order valence-corrected chi connectivity index (χ2v) is 4.88. The highest BCUT2D eigenvalue weighted by atomic mass is 32.1. The van der Waals surface area contributed by atoms with E-state index in [9.17, 15) is 5.11 Å². The molecule has 0 heterocycles. The minimum absolute atomic E-state index is 0.00919. The molecule has 0 spiro atoms. The summed E-state index contributed by atoms with van der Waals surface area (Å²) in [4.78, 5) is 0.944. The Kier molecular flexibility index (Phi) is 3.15. The van der Waals surface area contributed by atoms with E-state index >= 15 is 0 Å². The lowest BCUT2D eigenvalue weighted by Crippen LogP contribution is -2.15. The topological polar surface area (TPSA) is 20.2 Å². The number of phenolic OH excluding ortho intramolecular Hbond substituents is 1. The van der Waals surface area contributed by atoms with Crippen LogP contribution in [-0.4, -0.2) is 5.11 Å². The van der Waals surface area contributed by atoms with Crippen molar-refractivity contribution in [1.29, 1.82) is 0 Å². The van der Waals surface area contributed by atoms with Gasteiger partial charge in [-0.3, -0.25) is 0 Å². The van der Waals surface area contributed by atoms with Crippen LogP contribution in [0.1, 0.15) is 38.3 Å². The smallest absolute Gasteiger partial charge is 0.119 e. The van der Waals surface area contributed by atoms with Gasteiger partial charge in [0.15, 0.2) is 0 Å². The van der Waals surface area contributed by atoms with Crippen LogP contribution in [0.3, 0.4) is 0 Å². The third kappa shape index (κ3) is 2.06. The van der Waals surface area contributed by atoms with Crippen molar-refractivity contribution in [2.75, 3.05) is 0 Å².